The van der Waals surface area contributed by atoms with Crippen molar-refractivity contribution in [3.63, 3.8) is 0 Å². The highest BCUT2D eigenvalue weighted by molar-refractivity contribution is 5.94. The minimum absolute atomic E-state index is 0.0882. The summed E-state index contributed by atoms with van der Waals surface area (Å²) in [7, 11) is 0. The number of aromatic amines is 1. The molecule has 1 aliphatic rings. The number of carbonyl (C=O) groups excluding carboxylic acids is 1. The molecule has 0 spiro atoms. The van der Waals surface area contributed by atoms with E-state index in [4.69, 9.17) is 0 Å². The standard InChI is InChI=1S/C19H17N3O3/c23-17(20-14-9-10-14)13-7-5-12(6-8-13)11-22-18(24)15-3-1-2-4-16(15)21-19(22)25/h1-8,14H,9-11H2,(H,20,23)(H,21,25). The van der Waals surface area contributed by atoms with Crippen molar-refractivity contribution < 1.29 is 4.79 Å². The van der Waals surface area contributed by atoms with Gasteiger partial charge in [0, 0.05) is 11.6 Å². The summed E-state index contributed by atoms with van der Waals surface area (Å²) in [5.74, 6) is -0.0882. The van der Waals surface area contributed by atoms with Gasteiger partial charge in [0.2, 0.25) is 0 Å². The zero-order chi connectivity index (χ0) is 17.4. The molecule has 0 aliphatic heterocycles. The number of nitrogens with one attached hydrogen (secondary N) is 2. The molecule has 6 heteroatoms. The van der Waals surface area contributed by atoms with Crippen molar-refractivity contribution in [1.29, 1.82) is 0 Å². The van der Waals surface area contributed by atoms with Crippen LogP contribution in [0.3, 0.4) is 0 Å². The van der Waals surface area contributed by atoms with Crippen molar-refractivity contribution in [3.05, 3.63) is 80.5 Å². The minimum Gasteiger partial charge on any atom is -0.349 e. The van der Waals surface area contributed by atoms with Crippen molar-refractivity contribution in [3.8, 4) is 0 Å². The van der Waals surface area contributed by atoms with Gasteiger partial charge in [0.05, 0.1) is 17.4 Å². The van der Waals surface area contributed by atoms with Gasteiger partial charge in [0.1, 0.15) is 0 Å². The van der Waals surface area contributed by atoms with Gasteiger partial charge in [0.15, 0.2) is 0 Å². The number of benzene rings is 2. The first kappa shape index (κ1) is 15.4. The Morgan fingerprint density at radius 1 is 1.08 bits per heavy atom. The Balaban J connectivity index is 1.61. The predicted molar refractivity (Wildman–Crippen MR) is 94.9 cm³/mol. The Morgan fingerprint density at radius 3 is 2.52 bits per heavy atom. The van der Waals surface area contributed by atoms with Crippen LogP contribution in [-0.2, 0) is 6.54 Å². The van der Waals surface area contributed by atoms with Crippen LogP contribution in [0.1, 0.15) is 28.8 Å². The normalized spacial score (nSPS) is 13.8. The number of nitrogens with zero attached hydrogens (tertiary/aromatic N) is 1. The van der Waals surface area contributed by atoms with E-state index in [1.165, 1.54) is 4.57 Å². The topological polar surface area (TPSA) is 84.0 Å². The second kappa shape index (κ2) is 6.05. The number of hydrogen-bond acceptors (Lipinski definition) is 3. The minimum atomic E-state index is -0.445. The van der Waals surface area contributed by atoms with Gasteiger partial charge in [-0.1, -0.05) is 24.3 Å². The number of amides is 1. The summed E-state index contributed by atoms with van der Waals surface area (Å²) in [6, 6.07) is 14.2. The highest BCUT2D eigenvalue weighted by Gasteiger charge is 2.23. The van der Waals surface area contributed by atoms with Crippen LogP contribution in [0.4, 0.5) is 0 Å². The average molecular weight is 335 g/mol. The molecular weight excluding hydrogens is 318 g/mol. The molecule has 1 saturated carbocycles. The molecule has 0 saturated heterocycles. The van der Waals surface area contributed by atoms with E-state index in [-0.39, 0.29) is 18.0 Å². The largest absolute Gasteiger partial charge is 0.349 e. The maximum atomic E-state index is 12.5. The number of para-hydroxylation sites is 1. The van der Waals surface area contributed by atoms with E-state index in [9.17, 15) is 14.4 Å². The van der Waals surface area contributed by atoms with Gasteiger partial charge < -0.3 is 10.3 Å². The van der Waals surface area contributed by atoms with Crippen molar-refractivity contribution in [2.24, 2.45) is 0 Å². The first-order valence-electron chi connectivity index (χ1n) is 8.23. The molecule has 0 radical (unpaired) electrons. The number of fused-ring (bicyclic) bond motifs is 1. The highest BCUT2D eigenvalue weighted by atomic mass is 16.2. The lowest BCUT2D eigenvalue weighted by atomic mass is 10.1. The van der Waals surface area contributed by atoms with Crippen LogP contribution < -0.4 is 16.6 Å². The number of hydrogen-bond donors (Lipinski definition) is 2. The molecule has 0 atom stereocenters. The molecule has 0 bridgehead atoms. The van der Waals surface area contributed by atoms with Crippen LogP contribution in [0, 0.1) is 0 Å². The molecule has 6 nitrogen and oxygen atoms in total. The number of aromatic nitrogens is 2. The van der Waals surface area contributed by atoms with E-state index in [1.54, 1.807) is 48.5 Å². The van der Waals surface area contributed by atoms with Gasteiger partial charge in [-0.05, 0) is 42.7 Å². The first-order valence-corrected chi connectivity index (χ1v) is 8.23. The molecule has 126 valence electrons. The average Bonchev–Trinajstić information content (AvgIpc) is 3.43. The number of H-pyrrole nitrogens is 1. The van der Waals surface area contributed by atoms with E-state index >= 15 is 0 Å². The fourth-order valence-corrected chi connectivity index (χ4v) is 2.78. The Hall–Kier alpha value is -3.15. The van der Waals surface area contributed by atoms with Gasteiger partial charge in [-0.25, -0.2) is 4.79 Å². The third-order valence-electron chi connectivity index (χ3n) is 4.36. The molecule has 1 amide bonds. The monoisotopic (exact) mass is 335 g/mol. The third kappa shape index (κ3) is 3.10. The molecule has 2 N–H and O–H groups in total. The van der Waals surface area contributed by atoms with Crippen molar-refractivity contribution in [2.45, 2.75) is 25.4 Å². The predicted octanol–water partition coefficient (Wildman–Crippen LogP) is 1.63. The van der Waals surface area contributed by atoms with Gasteiger partial charge in [-0.3, -0.25) is 14.2 Å². The summed E-state index contributed by atoms with van der Waals surface area (Å²) in [4.78, 5) is 39.5. The van der Waals surface area contributed by atoms with Crippen LogP contribution >= 0.6 is 0 Å². The van der Waals surface area contributed by atoms with E-state index < -0.39 is 5.69 Å². The summed E-state index contributed by atoms with van der Waals surface area (Å²) in [5, 5.41) is 3.40. The van der Waals surface area contributed by atoms with E-state index in [1.807, 2.05) is 0 Å². The SMILES string of the molecule is O=C(NC1CC1)c1ccc(Cn2c(=O)[nH]c3ccccc3c2=O)cc1. The van der Waals surface area contributed by atoms with E-state index in [0.717, 1.165) is 18.4 Å². The van der Waals surface area contributed by atoms with E-state index in [2.05, 4.69) is 10.3 Å². The zero-order valence-electron chi connectivity index (χ0n) is 13.5. The zero-order valence-corrected chi connectivity index (χ0v) is 13.5. The van der Waals surface area contributed by atoms with Gasteiger partial charge in [-0.15, -0.1) is 0 Å². The Labute approximate surface area is 143 Å². The molecule has 1 fully saturated rings. The van der Waals surface area contributed by atoms with Crippen molar-refractivity contribution in [2.75, 3.05) is 0 Å². The second-order valence-corrected chi connectivity index (χ2v) is 6.31. The maximum Gasteiger partial charge on any atom is 0.329 e. The van der Waals surface area contributed by atoms with Gasteiger partial charge in [0.25, 0.3) is 11.5 Å². The van der Waals surface area contributed by atoms with Crippen LogP contribution in [0.2, 0.25) is 0 Å². The van der Waals surface area contributed by atoms with Crippen LogP contribution in [0.5, 0.6) is 0 Å². The lowest BCUT2D eigenvalue weighted by molar-refractivity contribution is 0.0951. The Morgan fingerprint density at radius 2 is 1.80 bits per heavy atom. The molecule has 2 aromatic carbocycles. The summed E-state index contributed by atoms with van der Waals surface area (Å²) < 4.78 is 1.17. The maximum absolute atomic E-state index is 12.5. The fraction of sp³-hybridized carbons (Fsp3) is 0.211. The molecular formula is C19H17N3O3. The smallest absolute Gasteiger partial charge is 0.329 e. The second-order valence-electron chi connectivity index (χ2n) is 6.31. The first-order chi connectivity index (χ1) is 12.1. The summed E-state index contributed by atoms with van der Waals surface area (Å²) in [6.07, 6.45) is 2.08. The molecule has 25 heavy (non-hydrogen) atoms. The quantitative estimate of drug-likeness (QED) is 0.760. The Bertz CT molecular complexity index is 1060. The highest BCUT2D eigenvalue weighted by Crippen LogP contribution is 2.19. The van der Waals surface area contributed by atoms with Crippen LogP contribution in [0.15, 0.2) is 58.1 Å². The van der Waals surface area contributed by atoms with Crippen molar-refractivity contribution >= 4 is 16.8 Å². The van der Waals surface area contributed by atoms with E-state index in [0.29, 0.717) is 22.5 Å². The third-order valence-corrected chi connectivity index (χ3v) is 4.36. The molecule has 1 aromatic heterocycles. The Kier molecular flexibility index (Phi) is 3.72. The lowest BCUT2D eigenvalue weighted by Gasteiger charge is -2.08. The fourth-order valence-electron chi connectivity index (χ4n) is 2.78. The van der Waals surface area contributed by atoms with Crippen LogP contribution in [0.25, 0.3) is 10.9 Å². The molecule has 1 aliphatic carbocycles. The number of carbonyl (C=O) groups is 1. The summed E-state index contributed by atoms with van der Waals surface area (Å²) in [6.45, 7) is 0.156. The summed E-state index contributed by atoms with van der Waals surface area (Å²) >= 11 is 0. The van der Waals surface area contributed by atoms with Crippen LogP contribution in [-0.4, -0.2) is 21.5 Å². The summed E-state index contributed by atoms with van der Waals surface area (Å²) in [5.41, 5.74) is 1.12. The number of rotatable bonds is 4. The van der Waals surface area contributed by atoms with Gasteiger partial charge >= 0.3 is 5.69 Å². The van der Waals surface area contributed by atoms with Crippen molar-refractivity contribution in [1.82, 2.24) is 14.9 Å². The lowest BCUT2D eigenvalue weighted by Crippen LogP contribution is -2.35. The van der Waals surface area contributed by atoms with Gasteiger partial charge in [-0.2, -0.15) is 0 Å². The molecule has 4 rings (SSSR count). The molecule has 3 aromatic rings. The molecule has 0 unspecified atom stereocenters. The molecule has 1 heterocycles.